The lowest BCUT2D eigenvalue weighted by atomic mass is 10.2. The first-order chi connectivity index (χ1) is 7.17. The highest BCUT2D eigenvalue weighted by Gasteiger charge is 1.99. The number of halogens is 1. The molecule has 1 aromatic carbocycles. The van der Waals surface area contributed by atoms with Gasteiger partial charge < -0.3 is 9.47 Å². The summed E-state index contributed by atoms with van der Waals surface area (Å²) in [4.78, 5) is 10.9. The number of ether oxygens (including phenoxy) is 2. The molecule has 0 N–H and O–H groups in total. The van der Waals surface area contributed by atoms with Gasteiger partial charge in [-0.2, -0.15) is 0 Å². The SMILES string of the molecule is COC(=O)/C=C/c1cc(OC)ccc1Br. The Morgan fingerprint density at radius 2 is 2.13 bits per heavy atom. The van der Waals surface area contributed by atoms with Crippen LogP contribution < -0.4 is 4.74 Å². The van der Waals surface area contributed by atoms with Crippen LogP contribution in [0.3, 0.4) is 0 Å². The molecule has 0 spiro atoms. The predicted molar refractivity (Wildman–Crippen MR) is 61.7 cm³/mol. The van der Waals surface area contributed by atoms with Crippen molar-refractivity contribution in [1.82, 2.24) is 0 Å². The molecule has 0 aliphatic heterocycles. The topological polar surface area (TPSA) is 35.5 Å². The van der Waals surface area contributed by atoms with Crippen LogP contribution in [0.5, 0.6) is 5.75 Å². The lowest BCUT2D eigenvalue weighted by Crippen LogP contribution is -1.93. The molecule has 0 atom stereocenters. The van der Waals surface area contributed by atoms with Gasteiger partial charge in [-0.05, 0) is 29.8 Å². The smallest absolute Gasteiger partial charge is 0.330 e. The molecule has 3 nitrogen and oxygen atoms in total. The van der Waals surface area contributed by atoms with Crippen molar-refractivity contribution in [1.29, 1.82) is 0 Å². The van der Waals surface area contributed by atoms with E-state index >= 15 is 0 Å². The van der Waals surface area contributed by atoms with E-state index in [0.717, 1.165) is 15.8 Å². The zero-order valence-corrected chi connectivity index (χ0v) is 10.1. The van der Waals surface area contributed by atoms with E-state index < -0.39 is 0 Å². The fraction of sp³-hybridized carbons (Fsp3) is 0.182. The lowest BCUT2D eigenvalue weighted by molar-refractivity contribution is -0.134. The fourth-order valence-corrected chi connectivity index (χ4v) is 1.38. The molecule has 1 rings (SSSR count). The van der Waals surface area contributed by atoms with E-state index in [1.54, 1.807) is 13.2 Å². The van der Waals surface area contributed by atoms with E-state index in [0.29, 0.717) is 0 Å². The van der Waals surface area contributed by atoms with Crippen molar-refractivity contribution in [3.8, 4) is 5.75 Å². The van der Waals surface area contributed by atoms with Crippen LogP contribution in [-0.4, -0.2) is 20.2 Å². The standard InChI is InChI=1S/C11H11BrO3/c1-14-9-4-5-10(12)8(7-9)3-6-11(13)15-2/h3-7H,1-2H3/b6-3+. The molecule has 0 amide bonds. The van der Waals surface area contributed by atoms with Crippen LogP contribution in [-0.2, 0) is 9.53 Å². The monoisotopic (exact) mass is 270 g/mol. The van der Waals surface area contributed by atoms with Crippen LogP contribution in [0.4, 0.5) is 0 Å². The van der Waals surface area contributed by atoms with Gasteiger partial charge in [0, 0.05) is 10.5 Å². The van der Waals surface area contributed by atoms with Crippen molar-refractivity contribution >= 4 is 28.0 Å². The summed E-state index contributed by atoms with van der Waals surface area (Å²) in [5.41, 5.74) is 0.861. The molecule has 4 heteroatoms. The normalized spacial score (nSPS) is 10.3. The number of rotatable bonds is 3. The molecule has 0 aromatic heterocycles. The molecule has 0 aliphatic rings. The molecular weight excluding hydrogens is 260 g/mol. The summed E-state index contributed by atoms with van der Waals surface area (Å²) in [5, 5.41) is 0. The van der Waals surface area contributed by atoms with Crippen molar-refractivity contribution in [2.75, 3.05) is 14.2 Å². The van der Waals surface area contributed by atoms with Gasteiger partial charge in [0.05, 0.1) is 14.2 Å². The van der Waals surface area contributed by atoms with Crippen molar-refractivity contribution in [3.05, 3.63) is 34.3 Å². The Balaban J connectivity index is 2.93. The number of hydrogen-bond acceptors (Lipinski definition) is 3. The zero-order valence-electron chi connectivity index (χ0n) is 8.49. The first-order valence-corrected chi connectivity index (χ1v) is 5.06. The summed E-state index contributed by atoms with van der Waals surface area (Å²) in [7, 11) is 2.93. The van der Waals surface area contributed by atoms with Gasteiger partial charge >= 0.3 is 5.97 Å². The average Bonchev–Trinajstić information content (AvgIpc) is 2.27. The summed E-state index contributed by atoms with van der Waals surface area (Å²) in [6.07, 6.45) is 3.03. The number of methoxy groups -OCH3 is 2. The van der Waals surface area contributed by atoms with E-state index in [9.17, 15) is 4.79 Å². The van der Waals surface area contributed by atoms with Crippen LogP contribution >= 0.6 is 15.9 Å². The van der Waals surface area contributed by atoms with Crippen LogP contribution in [0.2, 0.25) is 0 Å². The highest BCUT2D eigenvalue weighted by Crippen LogP contribution is 2.23. The molecule has 0 bridgehead atoms. The molecule has 1 aromatic rings. The molecule has 80 valence electrons. The molecule has 0 fully saturated rings. The van der Waals surface area contributed by atoms with E-state index in [4.69, 9.17) is 4.74 Å². The number of carbonyl (C=O) groups is 1. The van der Waals surface area contributed by atoms with Gasteiger partial charge in [0.25, 0.3) is 0 Å². The fourth-order valence-electron chi connectivity index (χ4n) is 1.00. The summed E-state index contributed by atoms with van der Waals surface area (Å²) in [6.45, 7) is 0. The third kappa shape index (κ3) is 3.40. The number of esters is 1. The van der Waals surface area contributed by atoms with Gasteiger partial charge in [-0.25, -0.2) is 4.79 Å². The molecule has 15 heavy (non-hydrogen) atoms. The molecule has 0 unspecified atom stereocenters. The van der Waals surface area contributed by atoms with E-state index in [1.807, 2.05) is 18.2 Å². The van der Waals surface area contributed by atoms with Crippen molar-refractivity contribution in [3.63, 3.8) is 0 Å². The second-order valence-electron chi connectivity index (χ2n) is 2.74. The zero-order chi connectivity index (χ0) is 11.3. The second kappa shape index (κ2) is 5.56. The molecule has 0 heterocycles. The van der Waals surface area contributed by atoms with E-state index in [-0.39, 0.29) is 5.97 Å². The van der Waals surface area contributed by atoms with Gasteiger partial charge in [-0.1, -0.05) is 15.9 Å². The molecule has 0 aliphatic carbocycles. The van der Waals surface area contributed by atoms with Gasteiger partial charge in [-0.3, -0.25) is 0 Å². The van der Waals surface area contributed by atoms with Gasteiger partial charge in [0.15, 0.2) is 0 Å². The number of hydrogen-bond donors (Lipinski definition) is 0. The predicted octanol–water partition coefficient (Wildman–Crippen LogP) is 2.64. The lowest BCUT2D eigenvalue weighted by Gasteiger charge is -2.02. The molecular formula is C11H11BrO3. The molecule has 0 radical (unpaired) electrons. The number of carbonyl (C=O) groups excluding carboxylic acids is 1. The van der Waals surface area contributed by atoms with E-state index in [2.05, 4.69) is 20.7 Å². The van der Waals surface area contributed by atoms with Crippen molar-refractivity contribution in [2.24, 2.45) is 0 Å². The maximum atomic E-state index is 10.9. The van der Waals surface area contributed by atoms with Crippen LogP contribution in [0, 0.1) is 0 Å². The molecule has 0 saturated heterocycles. The third-order valence-electron chi connectivity index (χ3n) is 1.80. The molecule has 0 saturated carbocycles. The number of benzene rings is 1. The maximum Gasteiger partial charge on any atom is 0.330 e. The largest absolute Gasteiger partial charge is 0.497 e. The van der Waals surface area contributed by atoms with Gasteiger partial charge in [-0.15, -0.1) is 0 Å². The summed E-state index contributed by atoms with van der Waals surface area (Å²) >= 11 is 3.37. The van der Waals surface area contributed by atoms with Gasteiger partial charge in [0.2, 0.25) is 0 Å². The second-order valence-corrected chi connectivity index (χ2v) is 3.60. The van der Waals surface area contributed by atoms with Crippen LogP contribution in [0.25, 0.3) is 6.08 Å². The first kappa shape index (κ1) is 11.8. The highest BCUT2D eigenvalue weighted by molar-refractivity contribution is 9.10. The maximum absolute atomic E-state index is 10.9. The minimum Gasteiger partial charge on any atom is -0.497 e. The Bertz CT molecular complexity index is 385. The minimum absolute atomic E-state index is 0.385. The summed E-state index contributed by atoms with van der Waals surface area (Å²) in [6, 6.07) is 5.51. The Morgan fingerprint density at radius 1 is 1.40 bits per heavy atom. The highest BCUT2D eigenvalue weighted by atomic mass is 79.9. The van der Waals surface area contributed by atoms with Crippen molar-refractivity contribution in [2.45, 2.75) is 0 Å². The quantitative estimate of drug-likeness (QED) is 0.626. The first-order valence-electron chi connectivity index (χ1n) is 4.27. The summed E-state index contributed by atoms with van der Waals surface area (Å²) in [5.74, 6) is 0.354. The Labute approximate surface area is 96.8 Å². The Hall–Kier alpha value is -1.29. The minimum atomic E-state index is -0.385. The van der Waals surface area contributed by atoms with Crippen LogP contribution in [0.15, 0.2) is 28.7 Å². The van der Waals surface area contributed by atoms with Crippen molar-refractivity contribution < 1.29 is 14.3 Å². The summed E-state index contributed by atoms with van der Waals surface area (Å²) < 4.78 is 10.5. The van der Waals surface area contributed by atoms with E-state index in [1.165, 1.54) is 13.2 Å². The van der Waals surface area contributed by atoms with Crippen LogP contribution in [0.1, 0.15) is 5.56 Å². The Morgan fingerprint density at radius 3 is 2.73 bits per heavy atom. The average molecular weight is 271 g/mol. The third-order valence-corrected chi connectivity index (χ3v) is 2.53. The van der Waals surface area contributed by atoms with Gasteiger partial charge in [0.1, 0.15) is 5.75 Å². The Kier molecular flexibility index (Phi) is 4.37.